The second-order valence-corrected chi connectivity index (χ2v) is 3.16. The molecular weight excluding hydrogens is 150 g/mol. The maximum Gasteiger partial charge on any atom is 0.0761 e. The molecule has 0 fully saturated rings. The average molecular weight is 165 g/mol. The molecule has 0 amide bonds. The van der Waals surface area contributed by atoms with Crippen LogP contribution < -0.4 is 4.90 Å². The molecule has 0 saturated heterocycles. The monoisotopic (exact) mass is 165 g/mol. The van der Waals surface area contributed by atoms with Crippen LogP contribution in [0.2, 0.25) is 0 Å². The normalized spacial score (nSPS) is 12.7. The Bertz CT molecular complexity index is 212. The van der Waals surface area contributed by atoms with Gasteiger partial charge < -0.3 is 10.0 Å². The molecule has 0 radical (unpaired) electrons. The maximum absolute atomic E-state index is 9.24. The molecule has 0 aliphatic rings. The Morgan fingerprint density at radius 1 is 1.17 bits per heavy atom. The van der Waals surface area contributed by atoms with Crippen molar-refractivity contribution in [2.75, 3.05) is 19.0 Å². The van der Waals surface area contributed by atoms with E-state index in [-0.39, 0.29) is 6.10 Å². The number of rotatable bonds is 2. The molecule has 0 aromatic heterocycles. The summed E-state index contributed by atoms with van der Waals surface area (Å²) >= 11 is 0. The molecule has 1 rings (SSSR count). The van der Waals surface area contributed by atoms with E-state index in [1.54, 1.807) is 6.92 Å². The highest BCUT2D eigenvalue weighted by molar-refractivity contribution is 5.46. The highest BCUT2D eigenvalue weighted by atomic mass is 16.3. The smallest absolute Gasteiger partial charge is 0.0761 e. The number of hydrogen-bond donors (Lipinski definition) is 1. The Kier molecular flexibility index (Phi) is 2.71. The van der Waals surface area contributed by atoms with Crippen molar-refractivity contribution in [2.24, 2.45) is 0 Å². The van der Waals surface area contributed by atoms with Crippen LogP contribution >= 0.6 is 0 Å². The fourth-order valence-corrected chi connectivity index (χ4v) is 1.05. The van der Waals surface area contributed by atoms with Crippen LogP contribution in [0.25, 0.3) is 0 Å². The summed E-state index contributed by atoms with van der Waals surface area (Å²) in [6.07, 6.45) is -0.374. The maximum atomic E-state index is 9.24. The van der Waals surface area contributed by atoms with Gasteiger partial charge in [-0.1, -0.05) is 12.1 Å². The molecule has 1 atom stereocenters. The summed E-state index contributed by atoms with van der Waals surface area (Å²) in [6, 6.07) is 7.89. The molecule has 0 aliphatic carbocycles. The quantitative estimate of drug-likeness (QED) is 0.722. The molecule has 1 aromatic rings. The van der Waals surface area contributed by atoms with Crippen molar-refractivity contribution in [3.63, 3.8) is 0 Å². The van der Waals surface area contributed by atoms with Crippen molar-refractivity contribution in [1.29, 1.82) is 0 Å². The van der Waals surface area contributed by atoms with Gasteiger partial charge in [0.15, 0.2) is 0 Å². The first-order chi connectivity index (χ1) is 5.61. The lowest BCUT2D eigenvalue weighted by atomic mass is 10.1. The lowest BCUT2D eigenvalue weighted by Gasteiger charge is -2.13. The van der Waals surface area contributed by atoms with Crippen molar-refractivity contribution < 1.29 is 5.11 Å². The number of aliphatic hydroxyl groups excluding tert-OH is 1. The van der Waals surface area contributed by atoms with Gasteiger partial charge in [-0.15, -0.1) is 0 Å². The van der Waals surface area contributed by atoms with E-state index in [0.717, 1.165) is 11.3 Å². The third kappa shape index (κ3) is 1.98. The molecule has 2 heteroatoms. The van der Waals surface area contributed by atoms with E-state index in [1.807, 2.05) is 43.3 Å². The highest BCUT2D eigenvalue weighted by Gasteiger charge is 2.00. The zero-order chi connectivity index (χ0) is 9.14. The molecule has 2 nitrogen and oxygen atoms in total. The summed E-state index contributed by atoms with van der Waals surface area (Å²) in [5.41, 5.74) is 2.11. The van der Waals surface area contributed by atoms with Gasteiger partial charge in [-0.3, -0.25) is 0 Å². The van der Waals surface area contributed by atoms with Gasteiger partial charge in [0.1, 0.15) is 0 Å². The Morgan fingerprint density at radius 3 is 2.00 bits per heavy atom. The summed E-state index contributed by atoms with van der Waals surface area (Å²) < 4.78 is 0. The lowest BCUT2D eigenvalue weighted by molar-refractivity contribution is 0.199. The molecule has 66 valence electrons. The predicted molar refractivity (Wildman–Crippen MR) is 51.4 cm³/mol. The van der Waals surface area contributed by atoms with Crippen LogP contribution in [0.5, 0.6) is 0 Å². The van der Waals surface area contributed by atoms with Gasteiger partial charge in [0, 0.05) is 19.8 Å². The molecule has 0 spiro atoms. The van der Waals surface area contributed by atoms with Crippen molar-refractivity contribution in [3.8, 4) is 0 Å². The van der Waals surface area contributed by atoms with Crippen molar-refractivity contribution in [3.05, 3.63) is 29.8 Å². The van der Waals surface area contributed by atoms with Crippen molar-refractivity contribution in [1.82, 2.24) is 0 Å². The fraction of sp³-hybridized carbons (Fsp3) is 0.400. The van der Waals surface area contributed by atoms with Gasteiger partial charge >= 0.3 is 0 Å². The second-order valence-electron chi connectivity index (χ2n) is 3.16. The van der Waals surface area contributed by atoms with Gasteiger partial charge in [0.2, 0.25) is 0 Å². The van der Waals surface area contributed by atoms with Gasteiger partial charge in [0.25, 0.3) is 0 Å². The number of benzene rings is 1. The van der Waals surface area contributed by atoms with Crippen molar-refractivity contribution >= 4 is 5.69 Å². The molecule has 1 aromatic carbocycles. The van der Waals surface area contributed by atoms with Gasteiger partial charge in [-0.2, -0.15) is 0 Å². The van der Waals surface area contributed by atoms with Crippen LogP contribution in [0, 0.1) is 0 Å². The Balaban J connectivity index is 2.86. The van der Waals surface area contributed by atoms with E-state index in [4.69, 9.17) is 0 Å². The first-order valence-corrected chi connectivity index (χ1v) is 4.06. The summed E-state index contributed by atoms with van der Waals surface area (Å²) in [7, 11) is 3.99. The average Bonchev–Trinajstić information content (AvgIpc) is 2.04. The summed E-state index contributed by atoms with van der Waals surface area (Å²) in [4.78, 5) is 2.03. The van der Waals surface area contributed by atoms with Crippen molar-refractivity contribution in [2.45, 2.75) is 13.0 Å². The summed E-state index contributed by atoms with van der Waals surface area (Å²) in [5.74, 6) is 0. The molecule has 12 heavy (non-hydrogen) atoms. The molecule has 0 heterocycles. The topological polar surface area (TPSA) is 23.5 Å². The Morgan fingerprint density at radius 2 is 1.67 bits per heavy atom. The van der Waals surface area contributed by atoms with E-state index in [2.05, 4.69) is 0 Å². The predicted octanol–water partition coefficient (Wildman–Crippen LogP) is 1.81. The second kappa shape index (κ2) is 3.59. The van der Waals surface area contributed by atoms with Crippen LogP contribution in [0.3, 0.4) is 0 Å². The van der Waals surface area contributed by atoms with E-state index in [1.165, 1.54) is 0 Å². The molecule has 0 bridgehead atoms. The standard InChI is InChI=1S/C10H15NO/c1-8(12)9-4-6-10(7-5-9)11(2)3/h4-8,12H,1-3H3/t8-/m0/s1. The Labute approximate surface area is 73.4 Å². The Hall–Kier alpha value is -1.02. The highest BCUT2D eigenvalue weighted by Crippen LogP contribution is 2.16. The molecule has 1 N–H and O–H groups in total. The summed E-state index contributed by atoms with van der Waals surface area (Å²) in [6.45, 7) is 1.77. The zero-order valence-corrected chi connectivity index (χ0v) is 7.78. The molecular formula is C10H15NO. The van der Waals surface area contributed by atoms with Gasteiger partial charge in [-0.25, -0.2) is 0 Å². The van der Waals surface area contributed by atoms with Crippen LogP contribution in [0.1, 0.15) is 18.6 Å². The minimum absolute atomic E-state index is 0.374. The van der Waals surface area contributed by atoms with E-state index in [0.29, 0.717) is 0 Å². The number of anilines is 1. The van der Waals surface area contributed by atoms with E-state index in [9.17, 15) is 5.11 Å². The van der Waals surface area contributed by atoms with Crippen LogP contribution in [-0.4, -0.2) is 19.2 Å². The molecule has 0 unspecified atom stereocenters. The molecule has 0 saturated carbocycles. The molecule has 0 aliphatic heterocycles. The van der Waals surface area contributed by atoms with Crippen LogP contribution in [0.15, 0.2) is 24.3 Å². The lowest BCUT2D eigenvalue weighted by Crippen LogP contribution is -2.08. The first-order valence-electron chi connectivity index (χ1n) is 4.06. The third-order valence-electron chi connectivity index (χ3n) is 1.89. The zero-order valence-electron chi connectivity index (χ0n) is 7.78. The van der Waals surface area contributed by atoms with E-state index < -0.39 is 0 Å². The minimum atomic E-state index is -0.374. The number of aliphatic hydroxyl groups is 1. The van der Waals surface area contributed by atoms with Gasteiger partial charge in [-0.05, 0) is 24.6 Å². The number of hydrogen-bond acceptors (Lipinski definition) is 2. The summed E-state index contributed by atoms with van der Waals surface area (Å²) in [5, 5.41) is 9.24. The largest absolute Gasteiger partial charge is 0.389 e. The first kappa shape index (κ1) is 9.07. The minimum Gasteiger partial charge on any atom is -0.389 e. The third-order valence-corrected chi connectivity index (χ3v) is 1.89. The van der Waals surface area contributed by atoms with E-state index >= 15 is 0 Å². The SMILES string of the molecule is C[C@H](O)c1ccc(N(C)C)cc1. The van der Waals surface area contributed by atoms with Crippen LogP contribution in [0.4, 0.5) is 5.69 Å². The number of nitrogens with zero attached hydrogens (tertiary/aromatic N) is 1. The van der Waals surface area contributed by atoms with Gasteiger partial charge in [0.05, 0.1) is 6.10 Å². The van der Waals surface area contributed by atoms with Crippen LogP contribution in [-0.2, 0) is 0 Å². The fourth-order valence-electron chi connectivity index (χ4n) is 1.05.